The summed E-state index contributed by atoms with van der Waals surface area (Å²) in [6.45, 7) is 4.71. The van der Waals surface area contributed by atoms with Crippen molar-refractivity contribution in [3.8, 4) is 27.9 Å². The largest absolute Gasteiger partial charge is 0.310 e. The van der Waals surface area contributed by atoms with Crippen LogP contribution in [0.3, 0.4) is 0 Å². The molecule has 1 heterocycles. The van der Waals surface area contributed by atoms with Crippen molar-refractivity contribution in [1.82, 2.24) is 4.57 Å². The molecule has 1 aliphatic carbocycles. The van der Waals surface area contributed by atoms with Gasteiger partial charge in [-0.2, -0.15) is 0 Å². The summed E-state index contributed by atoms with van der Waals surface area (Å²) in [6.07, 6.45) is 0. The summed E-state index contributed by atoms with van der Waals surface area (Å²) in [6, 6.07) is 66.7. The molecule has 0 bridgehead atoms. The highest BCUT2D eigenvalue weighted by Gasteiger charge is 2.35. The zero-order valence-electron chi connectivity index (χ0n) is 28.7. The van der Waals surface area contributed by atoms with Crippen LogP contribution in [0.4, 0.5) is 17.1 Å². The van der Waals surface area contributed by atoms with Gasteiger partial charge in [-0.05, 0) is 111 Å². The highest BCUT2D eigenvalue weighted by molar-refractivity contribution is 6.10. The Morgan fingerprint density at radius 2 is 1.08 bits per heavy atom. The average molecular weight is 653 g/mol. The molecular formula is C49H36N2. The standard InChI is InChI=1S/C49H36N2/c1-49(2)45-21-10-8-19-41(45)42-27-26-40(32-46(42)49)50(39-25-23-33-13-6-7-14-34(33)29-39)38-18-12-15-35(30-38)36-24-28-48-44(31-36)43-20-9-11-22-47(43)51(48)37-16-4-3-5-17-37/h3-32H,1-2H3. The third-order valence-electron chi connectivity index (χ3n) is 10.9. The molecular weight excluding hydrogens is 617 g/mol. The predicted octanol–water partition coefficient (Wildman–Crippen LogP) is 13.4. The minimum atomic E-state index is -0.0901. The van der Waals surface area contributed by atoms with E-state index in [1.807, 2.05) is 0 Å². The smallest absolute Gasteiger partial charge is 0.0541 e. The predicted molar refractivity (Wildman–Crippen MR) is 216 cm³/mol. The molecule has 0 saturated heterocycles. The van der Waals surface area contributed by atoms with Gasteiger partial charge >= 0.3 is 0 Å². The number of anilines is 3. The zero-order valence-corrected chi connectivity index (χ0v) is 28.7. The second-order valence-electron chi connectivity index (χ2n) is 14.2. The molecule has 1 aliphatic rings. The first kappa shape index (κ1) is 29.5. The van der Waals surface area contributed by atoms with E-state index in [2.05, 4.69) is 205 Å². The molecule has 0 N–H and O–H groups in total. The lowest BCUT2D eigenvalue weighted by molar-refractivity contribution is 0.660. The molecule has 0 spiro atoms. The van der Waals surface area contributed by atoms with Gasteiger partial charge in [0.2, 0.25) is 0 Å². The number of benzene rings is 8. The molecule has 0 saturated carbocycles. The molecule has 2 heteroatoms. The van der Waals surface area contributed by atoms with Gasteiger partial charge in [0, 0.05) is 38.9 Å². The number of nitrogens with zero attached hydrogens (tertiary/aromatic N) is 2. The fraction of sp³-hybridized carbons (Fsp3) is 0.0612. The molecule has 2 nitrogen and oxygen atoms in total. The Morgan fingerprint density at radius 1 is 0.412 bits per heavy atom. The van der Waals surface area contributed by atoms with Crippen molar-refractivity contribution in [3.63, 3.8) is 0 Å². The minimum absolute atomic E-state index is 0.0901. The van der Waals surface area contributed by atoms with Gasteiger partial charge in [-0.1, -0.05) is 129 Å². The van der Waals surface area contributed by atoms with E-state index in [4.69, 9.17) is 0 Å². The number of para-hydroxylation sites is 2. The van der Waals surface area contributed by atoms with Gasteiger partial charge in [0.15, 0.2) is 0 Å². The van der Waals surface area contributed by atoms with E-state index >= 15 is 0 Å². The third-order valence-corrected chi connectivity index (χ3v) is 10.9. The molecule has 0 atom stereocenters. The SMILES string of the molecule is CC1(C)c2ccccc2-c2ccc(N(c3cccc(-c4ccc5c(c4)c4ccccc4n5-c4ccccc4)c3)c3ccc4ccccc4c3)cc21. The number of aromatic nitrogens is 1. The fourth-order valence-electron chi connectivity index (χ4n) is 8.43. The van der Waals surface area contributed by atoms with Crippen LogP contribution in [0, 0.1) is 0 Å². The van der Waals surface area contributed by atoms with Crippen molar-refractivity contribution in [2.75, 3.05) is 4.90 Å². The Kier molecular flexibility index (Phi) is 6.56. The van der Waals surface area contributed by atoms with Crippen molar-refractivity contribution >= 4 is 49.6 Å². The molecule has 10 rings (SSSR count). The van der Waals surface area contributed by atoms with Gasteiger partial charge in [0.25, 0.3) is 0 Å². The molecule has 0 unspecified atom stereocenters. The highest BCUT2D eigenvalue weighted by atomic mass is 15.1. The Bertz CT molecular complexity index is 2790. The summed E-state index contributed by atoms with van der Waals surface area (Å²) in [7, 11) is 0. The Balaban J connectivity index is 1.14. The van der Waals surface area contributed by atoms with E-state index in [0.29, 0.717) is 0 Å². The Morgan fingerprint density at radius 3 is 1.98 bits per heavy atom. The normalized spacial score (nSPS) is 13.1. The molecule has 0 radical (unpaired) electrons. The van der Waals surface area contributed by atoms with Crippen LogP contribution in [0.1, 0.15) is 25.0 Å². The molecule has 8 aromatic carbocycles. The molecule has 242 valence electrons. The number of hydrogen-bond donors (Lipinski definition) is 0. The second-order valence-corrected chi connectivity index (χ2v) is 14.2. The first-order valence-electron chi connectivity index (χ1n) is 17.8. The van der Waals surface area contributed by atoms with Gasteiger partial charge in [-0.3, -0.25) is 0 Å². The number of hydrogen-bond acceptors (Lipinski definition) is 1. The summed E-state index contributed by atoms with van der Waals surface area (Å²) in [5.74, 6) is 0. The van der Waals surface area contributed by atoms with Crippen LogP contribution >= 0.6 is 0 Å². The van der Waals surface area contributed by atoms with Crippen LogP contribution in [0.15, 0.2) is 182 Å². The van der Waals surface area contributed by atoms with Crippen molar-refractivity contribution in [2.45, 2.75) is 19.3 Å². The van der Waals surface area contributed by atoms with Gasteiger partial charge in [0.05, 0.1) is 11.0 Å². The van der Waals surface area contributed by atoms with Gasteiger partial charge < -0.3 is 9.47 Å². The van der Waals surface area contributed by atoms with Crippen LogP contribution in [0.5, 0.6) is 0 Å². The maximum Gasteiger partial charge on any atom is 0.0541 e. The van der Waals surface area contributed by atoms with Crippen LogP contribution in [-0.4, -0.2) is 4.57 Å². The topological polar surface area (TPSA) is 8.17 Å². The molecule has 1 aromatic heterocycles. The quantitative estimate of drug-likeness (QED) is 0.180. The van der Waals surface area contributed by atoms with E-state index in [-0.39, 0.29) is 5.41 Å². The Labute approximate surface area is 298 Å². The third kappa shape index (κ3) is 4.64. The Hall–Kier alpha value is -6.38. The van der Waals surface area contributed by atoms with E-state index in [9.17, 15) is 0 Å². The van der Waals surface area contributed by atoms with Gasteiger partial charge in [-0.15, -0.1) is 0 Å². The van der Waals surface area contributed by atoms with Crippen molar-refractivity contribution in [1.29, 1.82) is 0 Å². The van der Waals surface area contributed by atoms with E-state index in [1.165, 1.54) is 71.6 Å². The number of fused-ring (bicyclic) bond motifs is 7. The van der Waals surface area contributed by atoms with E-state index < -0.39 is 0 Å². The summed E-state index contributed by atoms with van der Waals surface area (Å²) < 4.78 is 2.37. The minimum Gasteiger partial charge on any atom is -0.310 e. The molecule has 0 amide bonds. The van der Waals surface area contributed by atoms with Crippen LogP contribution in [0.25, 0.3) is 60.5 Å². The molecule has 51 heavy (non-hydrogen) atoms. The molecule has 0 aliphatic heterocycles. The lowest BCUT2D eigenvalue weighted by Crippen LogP contribution is -2.16. The first-order valence-corrected chi connectivity index (χ1v) is 17.8. The zero-order chi connectivity index (χ0) is 34.1. The maximum absolute atomic E-state index is 2.43. The summed E-state index contributed by atoms with van der Waals surface area (Å²) in [4.78, 5) is 2.43. The second kappa shape index (κ2) is 11.3. The average Bonchev–Trinajstić information content (AvgIpc) is 3.63. The fourth-order valence-corrected chi connectivity index (χ4v) is 8.43. The van der Waals surface area contributed by atoms with Crippen molar-refractivity contribution < 1.29 is 0 Å². The highest BCUT2D eigenvalue weighted by Crippen LogP contribution is 2.51. The van der Waals surface area contributed by atoms with Crippen LogP contribution in [0.2, 0.25) is 0 Å². The maximum atomic E-state index is 2.43. The first-order chi connectivity index (χ1) is 25.0. The van der Waals surface area contributed by atoms with Crippen molar-refractivity contribution in [3.05, 3.63) is 193 Å². The lowest BCUT2D eigenvalue weighted by Gasteiger charge is -2.28. The lowest BCUT2D eigenvalue weighted by atomic mass is 9.82. The van der Waals surface area contributed by atoms with Gasteiger partial charge in [0.1, 0.15) is 0 Å². The summed E-state index contributed by atoms with van der Waals surface area (Å²) in [5.41, 5.74) is 14.7. The van der Waals surface area contributed by atoms with Crippen LogP contribution in [-0.2, 0) is 5.41 Å². The number of rotatable bonds is 5. The summed E-state index contributed by atoms with van der Waals surface area (Å²) >= 11 is 0. The van der Waals surface area contributed by atoms with E-state index in [0.717, 1.165) is 17.1 Å². The van der Waals surface area contributed by atoms with Crippen molar-refractivity contribution in [2.24, 2.45) is 0 Å². The van der Waals surface area contributed by atoms with Gasteiger partial charge in [-0.25, -0.2) is 0 Å². The summed E-state index contributed by atoms with van der Waals surface area (Å²) in [5, 5.41) is 4.98. The van der Waals surface area contributed by atoms with Crippen LogP contribution < -0.4 is 4.90 Å². The molecule has 0 fully saturated rings. The van der Waals surface area contributed by atoms with E-state index in [1.54, 1.807) is 0 Å². The monoisotopic (exact) mass is 652 g/mol. The molecule has 9 aromatic rings.